The molecule has 1 heterocycles. The predicted molar refractivity (Wildman–Crippen MR) is 119 cm³/mol. The van der Waals surface area contributed by atoms with Crippen LogP contribution < -0.4 is 10.6 Å². The molecule has 0 radical (unpaired) electrons. The Morgan fingerprint density at radius 3 is 2.75 bits per heavy atom. The van der Waals surface area contributed by atoms with Gasteiger partial charge in [-0.15, -0.1) is 24.0 Å². The van der Waals surface area contributed by atoms with Crippen molar-refractivity contribution in [2.24, 2.45) is 4.99 Å². The summed E-state index contributed by atoms with van der Waals surface area (Å²) < 4.78 is 0. The number of hydrogen-bond acceptors (Lipinski definition) is 3. The first-order valence-electron chi connectivity index (χ1n) is 9.54. The molecule has 3 atom stereocenters. The number of nitrogens with one attached hydrogen (secondary N) is 2. The van der Waals surface area contributed by atoms with E-state index in [1.165, 1.54) is 58.0 Å². The minimum absolute atomic E-state index is 0. The fourth-order valence-electron chi connectivity index (χ4n) is 3.75. The summed E-state index contributed by atoms with van der Waals surface area (Å²) in [6.07, 6.45) is 11.4. The van der Waals surface area contributed by atoms with E-state index < -0.39 is 0 Å². The second-order valence-corrected chi connectivity index (χ2v) is 8.15. The Morgan fingerprint density at radius 1 is 1.25 bits per heavy atom. The van der Waals surface area contributed by atoms with Gasteiger partial charge in [-0.05, 0) is 65.2 Å². The molecule has 0 aromatic carbocycles. The topological polar surface area (TPSA) is 39.7 Å². The molecule has 142 valence electrons. The van der Waals surface area contributed by atoms with Gasteiger partial charge in [-0.2, -0.15) is 11.8 Å². The standard InChI is InChI=1S/C18H36N4S.HI/c1-4-19-18(21-16-9-10-17(14-16)23-3)20-11-7-13-22-12-6-5-8-15(22)2;/h15-17H,4-14H2,1-3H3,(H2,19,20,21);1H. The molecule has 1 saturated carbocycles. The van der Waals surface area contributed by atoms with E-state index in [-0.39, 0.29) is 24.0 Å². The number of hydrogen-bond donors (Lipinski definition) is 2. The summed E-state index contributed by atoms with van der Waals surface area (Å²) in [5.41, 5.74) is 0. The van der Waals surface area contributed by atoms with Gasteiger partial charge in [-0.1, -0.05) is 6.42 Å². The highest BCUT2D eigenvalue weighted by Crippen LogP contribution is 2.28. The minimum Gasteiger partial charge on any atom is -0.357 e. The average Bonchev–Trinajstić information content (AvgIpc) is 3.01. The van der Waals surface area contributed by atoms with Crippen LogP contribution in [0.3, 0.4) is 0 Å². The maximum atomic E-state index is 4.80. The molecule has 0 aromatic rings. The van der Waals surface area contributed by atoms with Crippen molar-refractivity contribution in [3.63, 3.8) is 0 Å². The largest absolute Gasteiger partial charge is 0.357 e. The second kappa shape index (κ2) is 12.6. The van der Waals surface area contributed by atoms with E-state index in [9.17, 15) is 0 Å². The van der Waals surface area contributed by atoms with Crippen molar-refractivity contribution in [1.82, 2.24) is 15.5 Å². The number of aliphatic imine (C=N–C) groups is 1. The maximum Gasteiger partial charge on any atom is 0.191 e. The highest BCUT2D eigenvalue weighted by Gasteiger charge is 2.24. The van der Waals surface area contributed by atoms with Crippen LogP contribution in [0, 0.1) is 0 Å². The van der Waals surface area contributed by atoms with Crippen molar-refractivity contribution >= 4 is 41.7 Å². The molecule has 2 N–H and O–H groups in total. The Bertz CT molecular complexity index is 367. The lowest BCUT2D eigenvalue weighted by Gasteiger charge is -2.33. The van der Waals surface area contributed by atoms with E-state index in [1.54, 1.807) is 0 Å². The van der Waals surface area contributed by atoms with E-state index in [0.717, 1.165) is 30.3 Å². The van der Waals surface area contributed by atoms with E-state index in [1.807, 2.05) is 11.8 Å². The summed E-state index contributed by atoms with van der Waals surface area (Å²) in [7, 11) is 0. The molecule has 4 nitrogen and oxygen atoms in total. The lowest BCUT2D eigenvalue weighted by Crippen LogP contribution is -2.43. The van der Waals surface area contributed by atoms with Crippen LogP contribution in [-0.2, 0) is 0 Å². The molecule has 24 heavy (non-hydrogen) atoms. The number of rotatable bonds is 7. The molecule has 1 saturated heterocycles. The number of thioether (sulfide) groups is 1. The highest BCUT2D eigenvalue weighted by molar-refractivity contribution is 14.0. The van der Waals surface area contributed by atoms with E-state index in [0.29, 0.717) is 6.04 Å². The van der Waals surface area contributed by atoms with E-state index in [4.69, 9.17) is 4.99 Å². The van der Waals surface area contributed by atoms with Crippen molar-refractivity contribution in [3.8, 4) is 0 Å². The molecular formula is C18H37IN4S. The number of halogens is 1. The first-order valence-corrected chi connectivity index (χ1v) is 10.8. The van der Waals surface area contributed by atoms with Gasteiger partial charge < -0.3 is 15.5 Å². The lowest BCUT2D eigenvalue weighted by molar-refractivity contribution is 0.160. The molecular weight excluding hydrogens is 431 g/mol. The van der Waals surface area contributed by atoms with Gasteiger partial charge in [-0.25, -0.2) is 0 Å². The van der Waals surface area contributed by atoms with Gasteiger partial charge in [0.25, 0.3) is 0 Å². The van der Waals surface area contributed by atoms with Crippen LogP contribution in [0.25, 0.3) is 0 Å². The lowest BCUT2D eigenvalue weighted by atomic mass is 10.0. The van der Waals surface area contributed by atoms with Crippen LogP contribution in [0.4, 0.5) is 0 Å². The molecule has 3 unspecified atom stereocenters. The van der Waals surface area contributed by atoms with Gasteiger partial charge in [0.15, 0.2) is 5.96 Å². The maximum absolute atomic E-state index is 4.80. The molecule has 2 fully saturated rings. The fraction of sp³-hybridized carbons (Fsp3) is 0.944. The summed E-state index contributed by atoms with van der Waals surface area (Å²) in [6.45, 7) is 8.86. The third-order valence-corrected chi connectivity index (χ3v) is 6.31. The first-order chi connectivity index (χ1) is 11.2. The van der Waals surface area contributed by atoms with Crippen molar-refractivity contribution in [3.05, 3.63) is 0 Å². The Hall–Kier alpha value is 0.310. The van der Waals surface area contributed by atoms with Crippen molar-refractivity contribution < 1.29 is 0 Å². The zero-order valence-corrected chi connectivity index (χ0v) is 18.9. The van der Waals surface area contributed by atoms with Crippen LogP contribution in [0.2, 0.25) is 0 Å². The third kappa shape index (κ3) is 7.68. The number of nitrogens with zero attached hydrogens (tertiary/aromatic N) is 2. The van der Waals surface area contributed by atoms with Gasteiger partial charge in [0, 0.05) is 37.0 Å². The van der Waals surface area contributed by atoms with E-state index >= 15 is 0 Å². The quantitative estimate of drug-likeness (QED) is 0.259. The van der Waals surface area contributed by atoms with Crippen LogP contribution in [0.15, 0.2) is 4.99 Å². The fourth-order valence-corrected chi connectivity index (χ4v) is 4.55. The van der Waals surface area contributed by atoms with Crippen molar-refractivity contribution in [1.29, 1.82) is 0 Å². The molecule has 0 spiro atoms. The van der Waals surface area contributed by atoms with Crippen LogP contribution in [0.5, 0.6) is 0 Å². The highest BCUT2D eigenvalue weighted by atomic mass is 127. The number of likely N-dealkylation sites (tertiary alicyclic amines) is 1. The Labute approximate surface area is 170 Å². The molecule has 1 aliphatic heterocycles. The molecule has 0 aromatic heterocycles. The zero-order chi connectivity index (χ0) is 16.5. The Balaban J connectivity index is 0.00000288. The van der Waals surface area contributed by atoms with Crippen molar-refractivity contribution in [2.45, 2.75) is 76.1 Å². The monoisotopic (exact) mass is 468 g/mol. The zero-order valence-electron chi connectivity index (χ0n) is 15.7. The molecule has 0 bridgehead atoms. The molecule has 2 rings (SSSR count). The number of guanidine groups is 1. The minimum atomic E-state index is 0. The average molecular weight is 468 g/mol. The van der Waals surface area contributed by atoms with Gasteiger partial charge in [0.2, 0.25) is 0 Å². The third-order valence-electron chi connectivity index (χ3n) is 5.22. The molecule has 6 heteroatoms. The van der Waals surface area contributed by atoms with Gasteiger partial charge in [0.1, 0.15) is 0 Å². The SMILES string of the molecule is CCNC(=NCCCN1CCCCC1C)NC1CCC(SC)C1.I. The summed E-state index contributed by atoms with van der Waals surface area (Å²) >= 11 is 2.01. The Morgan fingerprint density at radius 2 is 2.08 bits per heavy atom. The second-order valence-electron chi connectivity index (χ2n) is 7.01. The molecule has 2 aliphatic rings. The van der Waals surface area contributed by atoms with Gasteiger partial charge >= 0.3 is 0 Å². The number of piperidine rings is 1. The van der Waals surface area contributed by atoms with E-state index in [2.05, 4.69) is 35.6 Å². The molecule has 1 aliphatic carbocycles. The van der Waals surface area contributed by atoms with Crippen LogP contribution >= 0.6 is 35.7 Å². The van der Waals surface area contributed by atoms with Gasteiger partial charge in [-0.3, -0.25) is 4.99 Å². The van der Waals surface area contributed by atoms with Crippen LogP contribution in [-0.4, -0.2) is 60.6 Å². The smallest absolute Gasteiger partial charge is 0.191 e. The normalized spacial score (nSPS) is 28.5. The van der Waals surface area contributed by atoms with Crippen LogP contribution in [0.1, 0.15) is 58.8 Å². The Kier molecular flexibility index (Phi) is 11.8. The van der Waals surface area contributed by atoms with Gasteiger partial charge in [0.05, 0.1) is 0 Å². The molecule has 0 amide bonds. The summed E-state index contributed by atoms with van der Waals surface area (Å²) in [5, 5.41) is 7.88. The summed E-state index contributed by atoms with van der Waals surface area (Å²) in [6, 6.07) is 1.37. The van der Waals surface area contributed by atoms with Crippen molar-refractivity contribution in [2.75, 3.05) is 32.4 Å². The first kappa shape index (κ1) is 22.4. The summed E-state index contributed by atoms with van der Waals surface area (Å²) in [5.74, 6) is 1.02. The summed E-state index contributed by atoms with van der Waals surface area (Å²) in [4.78, 5) is 7.44. The predicted octanol–water partition coefficient (Wildman–Crippen LogP) is 3.71.